The van der Waals surface area contributed by atoms with E-state index in [1.165, 1.54) is 29.8 Å². The minimum atomic E-state index is -2.95. The van der Waals surface area contributed by atoms with E-state index < -0.39 is 51.8 Å². The van der Waals surface area contributed by atoms with Crippen LogP contribution in [0.5, 0.6) is 0 Å². The Hall–Kier alpha value is -9.12. The largest absolute Gasteiger partial charge is 0.311 e. The Morgan fingerprint density at radius 3 is 1.28 bits per heavy atom. The molecule has 0 saturated carbocycles. The summed E-state index contributed by atoms with van der Waals surface area (Å²) in [5.74, 6) is 0. The van der Waals surface area contributed by atoms with Gasteiger partial charge in [-0.3, -0.25) is 0 Å². The predicted molar refractivity (Wildman–Crippen MR) is 364 cm³/mol. The molecule has 85 heavy (non-hydrogen) atoms. The Bertz CT molecular complexity index is 5000. The van der Waals surface area contributed by atoms with Crippen LogP contribution in [0.15, 0.2) is 218 Å². The van der Waals surface area contributed by atoms with Crippen molar-refractivity contribution in [3.63, 3.8) is 0 Å². The number of nitrogens with zero attached hydrogens (tertiary/aromatic N) is 3. The van der Waals surface area contributed by atoms with Gasteiger partial charge < -0.3 is 14.7 Å². The first kappa shape index (κ1) is 38.7. The standard InChI is InChI=1S/C81H72BN3/c1-49-39-74-78-75(40-49)85(58-33-36-65-63-28-20-22-30-67(63)81(11,12)69(65)47-58)73-48-59(83(60-41-50(2)76(51(3)42-60)54-23-15-13-16-24-54)61-43-52(4)77(53(5)44-61)55-25-17-14-18-26-55)34-38-71(73)82(78)70-37-31-56(79(6,7)8)45-72(70)84(74)57-32-35-64-62-27-19-21-29-66(62)80(9,10)68(64)46-57/h13-48H,1-12H3/i1D3,2D3,3D3,4D3,5D3. The smallest absolute Gasteiger partial charge is 0.252 e. The van der Waals surface area contributed by atoms with Crippen LogP contribution in [0.2, 0.25) is 0 Å². The van der Waals surface area contributed by atoms with Gasteiger partial charge in [-0.05, 0) is 235 Å². The molecule has 11 aromatic rings. The van der Waals surface area contributed by atoms with Crippen LogP contribution in [0.4, 0.5) is 51.2 Å². The maximum atomic E-state index is 9.43. The predicted octanol–water partition coefficient (Wildman–Crippen LogP) is 20.0. The summed E-state index contributed by atoms with van der Waals surface area (Å²) in [6.07, 6.45) is 0. The number of aryl methyl sites for hydroxylation is 5. The number of fused-ring (bicyclic) bond motifs is 10. The Kier molecular flexibility index (Phi) is 8.62. The van der Waals surface area contributed by atoms with Crippen LogP contribution in [0.1, 0.15) is 125 Å². The third kappa shape index (κ3) is 8.01. The molecule has 0 fully saturated rings. The molecule has 0 atom stereocenters. The molecule has 2 aliphatic heterocycles. The second-order valence-corrected chi connectivity index (χ2v) is 25.5. The van der Waals surface area contributed by atoms with Crippen LogP contribution in [-0.4, -0.2) is 6.71 Å². The number of rotatable bonds is 7. The zero-order valence-electron chi connectivity index (χ0n) is 63.7. The maximum Gasteiger partial charge on any atom is 0.252 e. The molecule has 3 nitrogen and oxygen atoms in total. The highest BCUT2D eigenvalue weighted by Crippen LogP contribution is 2.55. The Balaban J connectivity index is 1.07. The molecule has 4 heteroatoms. The van der Waals surface area contributed by atoms with Gasteiger partial charge in [0.2, 0.25) is 0 Å². The Morgan fingerprint density at radius 2 is 0.824 bits per heavy atom. The first-order chi connectivity index (χ1) is 46.9. The fourth-order valence-electron chi connectivity index (χ4n) is 14.6. The van der Waals surface area contributed by atoms with Crippen LogP contribution in [0.25, 0.3) is 44.5 Å². The van der Waals surface area contributed by atoms with Crippen molar-refractivity contribution in [3.8, 4) is 44.5 Å². The second-order valence-electron chi connectivity index (χ2n) is 25.5. The molecule has 11 aromatic carbocycles. The zero-order chi connectivity index (χ0) is 71.1. The average Bonchev–Trinajstić information content (AvgIpc) is 1.19. The molecule has 0 N–H and O–H groups in total. The lowest BCUT2D eigenvalue weighted by Crippen LogP contribution is -2.61. The summed E-state index contributed by atoms with van der Waals surface area (Å²) in [4.78, 5) is 5.90. The molecule has 2 heterocycles. The van der Waals surface area contributed by atoms with Crippen LogP contribution in [-0.2, 0) is 16.2 Å². The van der Waals surface area contributed by atoms with Crippen molar-refractivity contribution in [3.05, 3.63) is 274 Å². The van der Waals surface area contributed by atoms with Crippen molar-refractivity contribution < 1.29 is 20.6 Å². The van der Waals surface area contributed by atoms with Crippen molar-refractivity contribution >= 4 is 74.3 Å². The summed E-state index contributed by atoms with van der Waals surface area (Å²) in [7, 11) is 0. The highest BCUT2D eigenvalue weighted by Gasteiger charge is 2.46. The third-order valence-electron chi connectivity index (χ3n) is 18.7. The summed E-state index contributed by atoms with van der Waals surface area (Å²) < 4.78 is 139. The van der Waals surface area contributed by atoms with Crippen molar-refractivity contribution in [2.24, 2.45) is 0 Å². The van der Waals surface area contributed by atoms with E-state index in [4.69, 9.17) is 0 Å². The van der Waals surface area contributed by atoms with Crippen LogP contribution in [0.3, 0.4) is 0 Å². The molecule has 15 rings (SSSR count). The van der Waals surface area contributed by atoms with Crippen molar-refractivity contribution in [2.75, 3.05) is 14.7 Å². The number of hydrogen-bond acceptors (Lipinski definition) is 3. The lowest BCUT2D eigenvalue weighted by Gasteiger charge is -2.45. The molecule has 0 aromatic heterocycles. The molecular weight excluding hydrogens is 1030 g/mol. The van der Waals surface area contributed by atoms with E-state index in [0.29, 0.717) is 33.9 Å². The fraction of sp³-hybridized carbons (Fsp3) is 0.185. The second kappa shape index (κ2) is 18.9. The quantitative estimate of drug-likeness (QED) is 0.147. The number of anilines is 9. The summed E-state index contributed by atoms with van der Waals surface area (Å²) >= 11 is 0. The zero-order valence-corrected chi connectivity index (χ0v) is 48.7. The average molecular weight is 1110 g/mol. The fourth-order valence-corrected chi connectivity index (χ4v) is 14.6. The molecule has 414 valence electrons. The minimum absolute atomic E-state index is 0.0157. The molecule has 0 unspecified atom stereocenters. The summed E-state index contributed by atoms with van der Waals surface area (Å²) in [5.41, 5.74) is 15.1. The number of benzene rings is 11. The van der Waals surface area contributed by atoms with Crippen molar-refractivity contribution in [2.45, 2.75) is 99.0 Å². The topological polar surface area (TPSA) is 9.72 Å². The molecule has 0 amide bonds. The third-order valence-corrected chi connectivity index (χ3v) is 18.7. The normalized spacial score (nSPS) is 17.8. The van der Waals surface area contributed by atoms with Gasteiger partial charge in [0.25, 0.3) is 6.71 Å². The van der Waals surface area contributed by atoms with Gasteiger partial charge in [0, 0.05) is 82.6 Å². The molecule has 0 radical (unpaired) electrons. The van der Waals surface area contributed by atoms with Crippen LogP contribution < -0.4 is 31.1 Å². The van der Waals surface area contributed by atoms with Gasteiger partial charge in [0.15, 0.2) is 0 Å². The molecule has 4 aliphatic rings. The minimum Gasteiger partial charge on any atom is -0.311 e. The van der Waals surface area contributed by atoms with Crippen molar-refractivity contribution in [1.29, 1.82) is 0 Å². The van der Waals surface area contributed by atoms with Gasteiger partial charge >= 0.3 is 0 Å². The Morgan fingerprint density at radius 1 is 0.388 bits per heavy atom. The van der Waals surface area contributed by atoms with E-state index >= 15 is 0 Å². The molecule has 0 spiro atoms. The first-order valence-electron chi connectivity index (χ1n) is 36.8. The van der Waals surface area contributed by atoms with E-state index in [9.17, 15) is 20.6 Å². The van der Waals surface area contributed by atoms with E-state index in [1.807, 2.05) is 42.5 Å². The van der Waals surface area contributed by atoms with Gasteiger partial charge in [0.05, 0.1) is 0 Å². The van der Waals surface area contributed by atoms with Crippen LogP contribution in [0, 0.1) is 34.3 Å². The van der Waals surface area contributed by atoms with E-state index in [1.54, 1.807) is 71.6 Å². The van der Waals surface area contributed by atoms with Gasteiger partial charge in [0.1, 0.15) is 0 Å². The first-order valence-corrected chi connectivity index (χ1v) is 29.3. The summed E-state index contributed by atoms with van der Waals surface area (Å²) in [6.45, 7) is 0.306. The van der Waals surface area contributed by atoms with E-state index in [-0.39, 0.29) is 61.4 Å². The van der Waals surface area contributed by atoms with Crippen LogP contribution >= 0.6 is 0 Å². The highest BCUT2D eigenvalue weighted by molar-refractivity contribution is 7.00. The molecule has 0 saturated heterocycles. The van der Waals surface area contributed by atoms with Gasteiger partial charge in [-0.15, -0.1) is 0 Å². The van der Waals surface area contributed by atoms with E-state index in [2.05, 4.69) is 143 Å². The lowest BCUT2D eigenvalue weighted by molar-refractivity contribution is 0.590. The summed E-state index contributed by atoms with van der Waals surface area (Å²) in [5, 5.41) is 0. The van der Waals surface area contributed by atoms with Gasteiger partial charge in [-0.1, -0.05) is 188 Å². The lowest BCUT2D eigenvalue weighted by atomic mass is 9.33. The van der Waals surface area contributed by atoms with Gasteiger partial charge in [-0.2, -0.15) is 0 Å². The molecule has 2 aliphatic carbocycles. The number of hydrogen-bond donors (Lipinski definition) is 0. The summed E-state index contributed by atoms with van der Waals surface area (Å²) in [6, 6.07) is 68.1. The highest BCUT2D eigenvalue weighted by atomic mass is 15.2. The maximum absolute atomic E-state index is 9.43. The van der Waals surface area contributed by atoms with Gasteiger partial charge in [-0.25, -0.2) is 0 Å². The van der Waals surface area contributed by atoms with E-state index in [0.717, 1.165) is 72.3 Å². The molecule has 0 bridgehead atoms. The SMILES string of the molecule is [2H]C([2H])([2H])c1cc2c3c(c1)N(c1ccc4c(c1)C(C)(C)c1ccccc1-4)c1cc(C(C)(C)C)ccc1B3c1ccc(N(c3cc(C([2H])([2H])[2H])c(-c4ccccc4)c(C([2H])([2H])[2H])c3)c3cc(C([2H])([2H])[2H])c(-c4ccccc4)c(C([2H])([2H])[2H])c3)cc1N2c1ccc2c(c1)C(C)(C)c1ccccc1-2. The molecular formula is C81H72BN3. The monoisotopic (exact) mass is 1110 g/mol. The van der Waals surface area contributed by atoms with Crippen molar-refractivity contribution in [1.82, 2.24) is 0 Å². The Labute approximate surface area is 525 Å².